The van der Waals surface area contributed by atoms with Crippen LogP contribution in [0.15, 0.2) is 18.2 Å². The normalized spacial score (nSPS) is 12.2. The SMILES string of the molecule is CCOc1cc(CNC)ccc1OCC(C)OC. The van der Waals surface area contributed by atoms with Gasteiger partial charge >= 0.3 is 0 Å². The summed E-state index contributed by atoms with van der Waals surface area (Å²) in [6, 6.07) is 5.98. The van der Waals surface area contributed by atoms with Gasteiger partial charge in [0.2, 0.25) is 0 Å². The summed E-state index contributed by atoms with van der Waals surface area (Å²) >= 11 is 0. The van der Waals surface area contributed by atoms with Crippen LogP contribution in [0.1, 0.15) is 19.4 Å². The van der Waals surface area contributed by atoms with E-state index in [9.17, 15) is 0 Å². The van der Waals surface area contributed by atoms with Crippen LogP contribution in [-0.2, 0) is 11.3 Å². The van der Waals surface area contributed by atoms with Crippen molar-refractivity contribution < 1.29 is 14.2 Å². The molecule has 1 aromatic rings. The third-order valence-corrected chi connectivity index (χ3v) is 2.56. The molecule has 1 N–H and O–H groups in total. The van der Waals surface area contributed by atoms with Gasteiger partial charge in [-0.2, -0.15) is 0 Å². The van der Waals surface area contributed by atoms with Crippen LogP contribution in [0.3, 0.4) is 0 Å². The van der Waals surface area contributed by atoms with E-state index in [0.29, 0.717) is 13.2 Å². The van der Waals surface area contributed by atoms with E-state index in [0.717, 1.165) is 18.0 Å². The lowest BCUT2D eigenvalue weighted by atomic mass is 10.2. The maximum atomic E-state index is 5.71. The zero-order valence-corrected chi connectivity index (χ0v) is 11.7. The lowest BCUT2D eigenvalue weighted by Gasteiger charge is -2.15. The minimum atomic E-state index is 0.0662. The molecule has 0 aliphatic heterocycles. The maximum Gasteiger partial charge on any atom is 0.161 e. The van der Waals surface area contributed by atoms with Crippen molar-refractivity contribution in [2.75, 3.05) is 27.4 Å². The Bertz CT molecular complexity index is 355. The average Bonchev–Trinajstić information content (AvgIpc) is 2.38. The van der Waals surface area contributed by atoms with Crippen LogP contribution in [0, 0.1) is 0 Å². The van der Waals surface area contributed by atoms with Gasteiger partial charge in [0, 0.05) is 13.7 Å². The number of hydrogen-bond donors (Lipinski definition) is 1. The van der Waals surface area contributed by atoms with Crippen LogP contribution in [0.5, 0.6) is 11.5 Å². The fourth-order valence-electron chi connectivity index (χ4n) is 1.53. The van der Waals surface area contributed by atoms with Gasteiger partial charge in [-0.15, -0.1) is 0 Å². The first kappa shape index (κ1) is 14.8. The van der Waals surface area contributed by atoms with Crippen LogP contribution < -0.4 is 14.8 Å². The fourth-order valence-corrected chi connectivity index (χ4v) is 1.53. The molecule has 1 atom stereocenters. The molecule has 0 aliphatic carbocycles. The number of nitrogens with one attached hydrogen (secondary N) is 1. The molecule has 0 amide bonds. The highest BCUT2D eigenvalue weighted by molar-refractivity contribution is 5.43. The van der Waals surface area contributed by atoms with Gasteiger partial charge in [-0.05, 0) is 38.6 Å². The zero-order chi connectivity index (χ0) is 13.4. The van der Waals surface area contributed by atoms with Crippen molar-refractivity contribution in [1.29, 1.82) is 0 Å². The van der Waals surface area contributed by atoms with E-state index in [2.05, 4.69) is 5.32 Å². The molecule has 1 unspecified atom stereocenters. The minimum Gasteiger partial charge on any atom is -0.490 e. The van der Waals surface area contributed by atoms with Gasteiger partial charge in [-0.1, -0.05) is 6.07 Å². The van der Waals surface area contributed by atoms with Gasteiger partial charge in [0.25, 0.3) is 0 Å². The molecule has 0 bridgehead atoms. The molecular weight excluding hydrogens is 230 g/mol. The smallest absolute Gasteiger partial charge is 0.161 e. The highest BCUT2D eigenvalue weighted by atomic mass is 16.5. The summed E-state index contributed by atoms with van der Waals surface area (Å²) in [5.41, 5.74) is 1.17. The summed E-state index contributed by atoms with van der Waals surface area (Å²) in [5.74, 6) is 1.55. The van der Waals surface area contributed by atoms with Crippen molar-refractivity contribution in [2.24, 2.45) is 0 Å². The minimum absolute atomic E-state index is 0.0662. The van der Waals surface area contributed by atoms with E-state index in [-0.39, 0.29) is 6.10 Å². The Balaban J connectivity index is 2.75. The number of ether oxygens (including phenoxy) is 3. The second-order valence-electron chi connectivity index (χ2n) is 4.10. The van der Waals surface area contributed by atoms with E-state index >= 15 is 0 Å². The highest BCUT2D eigenvalue weighted by Crippen LogP contribution is 2.28. The lowest BCUT2D eigenvalue weighted by molar-refractivity contribution is 0.0703. The van der Waals surface area contributed by atoms with Gasteiger partial charge in [-0.25, -0.2) is 0 Å². The van der Waals surface area contributed by atoms with Crippen molar-refractivity contribution in [1.82, 2.24) is 5.32 Å². The predicted octanol–water partition coefficient (Wildman–Crippen LogP) is 2.22. The molecule has 0 heterocycles. The Morgan fingerprint density at radius 3 is 2.61 bits per heavy atom. The second-order valence-corrected chi connectivity index (χ2v) is 4.10. The Kier molecular flexibility index (Phi) is 6.54. The summed E-state index contributed by atoms with van der Waals surface area (Å²) in [4.78, 5) is 0. The monoisotopic (exact) mass is 253 g/mol. The number of benzene rings is 1. The molecule has 0 saturated heterocycles. The Morgan fingerprint density at radius 1 is 1.22 bits per heavy atom. The van der Waals surface area contributed by atoms with Gasteiger partial charge in [-0.3, -0.25) is 0 Å². The lowest BCUT2D eigenvalue weighted by Crippen LogP contribution is -2.16. The Labute approximate surface area is 109 Å². The van der Waals surface area contributed by atoms with Crippen LogP contribution >= 0.6 is 0 Å². The van der Waals surface area contributed by atoms with Crippen LogP contribution in [0.4, 0.5) is 0 Å². The van der Waals surface area contributed by atoms with Crippen LogP contribution in [0.2, 0.25) is 0 Å². The van der Waals surface area contributed by atoms with Crippen molar-refractivity contribution in [2.45, 2.75) is 26.5 Å². The maximum absolute atomic E-state index is 5.71. The van der Waals surface area contributed by atoms with E-state index < -0.39 is 0 Å². The molecule has 0 aromatic heterocycles. The van der Waals surface area contributed by atoms with Crippen molar-refractivity contribution in [3.8, 4) is 11.5 Å². The van der Waals surface area contributed by atoms with Gasteiger partial charge in [0.1, 0.15) is 6.61 Å². The molecule has 1 aromatic carbocycles. The molecule has 0 fully saturated rings. The number of methoxy groups -OCH3 is 1. The molecule has 1 rings (SSSR count). The average molecular weight is 253 g/mol. The second kappa shape index (κ2) is 7.95. The molecule has 4 nitrogen and oxygen atoms in total. The highest BCUT2D eigenvalue weighted by Gasteiger charge is 2.08. The first-order valence-electron chi connectivity index (χ1n) is 6.27. The molecule has 4 heteroatoms. The number of hydrogen-bond acceptors (Lipinski definition) is 4. The van der Waals surface area contributed by atoms with E-state index in [4.69, 9.17) is 14.2 Å². The predicted molar refractivity (Wildman–Crippen MR) is 72.3 cm³/mol. The van der Waals surface area contributed by atoms with Crippen LogP contribution in [0.25, 0.3) is 0 Å². The Morgan fingerprint density at radius 2 is 2.00 bits per heavy atom. The molecule has 0 saturated carbocycles. The summed E-state index contributed by atoms with van der Waals surface area (Å²) in [6.45, 7) is 5.89. The molecule has 18 heavy (non-hydrogen) atoms. The number of rotatable bonds is 8. The zero-order valence-electron chi connectivity index (χ0n) is 11.7. The fraction of sp³-hybridized carbons (Fsp3) is 0.571. The van der Waals surface area contributed by atoms with Gasteiger partial charge < -0.3 is 19.5 Å². The Hall–Kier alpha value is -1.26. The van der Waals surface area contributed by atoms with Crippen molar-refractivity contribution in [3.63, 3.8) is 0 Å². The van der Waals surface area contributed by atoms with E-state index in [1.54, 1.807) is 7.11 Å². The van der Waals surface area contributed by atoms with E-state index in [1.165, 1.54) is 5.56 Å². The van der Waals surface area contributed by atoms with Crippen molar-refractivity contribution in [3.05, 3.63) is 23.8 Å². The molecule has 0 radical (unpaired) electrons. The molecular formula is C14H23NO3. The summed E-state index contributed by atoms with van der Waals surface area (Å²) < 4.78 is 16.5. The summed E-state index contributed by atoms with van der Waals surface area (Å²) in [6.07, 6.45) is 0.0662. The topological polar surface area (TPSA) is 39.7 Å². The molecule has 102 valence electrons. The quantitative estimate of drug-likeness (QED) is 0.771. The first-order chi connectivity index (χ1) is 8.71. The standard InChI is InChI=1S/C14H23NO3/c1-5-17-14-8-12(9-15-3)6-7-13(14)18-10-11(2)16-4/h6-8,11,15H,5,9-10H2,1-4H3. The molecule has 0 spiro atoms. The van der Waals surface area contributed by atoms with Crippen LogP contribution in [-0.4, -0.2) is 33.5 Å². The third kappa shape index (κ3) is 4.55. The summed E-state index contributed by atoms with van der Waals surface area (Å²) in [5, 5.41) is 3.12. The van der Waals surface area contributed by atoms with Gasteiger partial charge in [0.05, 0.1) is 12.7 Å². The van der Waals surface area contributed by atoms with Crippen molar-refractivity contribution >= 4 is 0 Å². The largest absolute Gasteiger partial charge is 0.490 e. The van der Waals surface area contributed by atoms with Gasteiger partial charge in [0.15, 0.2) is 11.5 Å². The summed E-state index contributed by atoms with van der Waals surface area (Å²) in [7, 11) is 3.60. The third-order valence-electron chi connectivity index (χ3n) is 2.56. The van der Waals surface area contributed by atoms with E-state index in [1.807, 2.05) is 39.1 Å². The molecule has 0 aliphatic rings. The first-order valence-corrected chi connectivity index (χ1v) is 6.27.